The minimum atomic E-state index is -0.365. The van der Waals surface area contributed by atoms with E-state index in [1.54, 1.807) is 18.2 Å². The first-order valence-electron chi connectivity index (χ1n) is 5.35. The summed E-state index contributed by atoms with van der Waals surface area (Å²) in [4.78, 5) is 0. The first kappa shape index (κ1) is 11.7. The van der Waals surface area contributed by atoms with E-state index < -0.39 is 0 Å². The molecule has 88 valence electrons. The molecule has 0 saturated carbocycles. The van der Waals surface area contributed by atoms with Crippen LogP contribution in [0.3, 0.4) is 0 Å². The van der Waals surface area contributed by atoms with Gasteiger partial charge in [0.15, 0.2) is 0 Å². The predicted octanol–water partition coefficient (Wildman–Crippen LogP) is 3.32. The highest BCUT2D eigenvalue weighted by atomic mass is 19.1. The van der Waals surface area contributed by atoms with Gasteiger partial charge in [0.1, 0.15) is 11.6 Å². The van der Waals surface area contributed by atoms with Gasteiger partial charge in [-0.15, -0.1) is 0 Å². The van der Waals surface area contributed by atoms with Crippen molar-refractivity contribution < 1.29 is 8.78 Å². The smallest absolute Gasteiger partial charge is 0.123 e. The Labute approximate surface area is 98.9 Å². The number of benzene rings is 2. The Kier molecular flexibility index (Phi) is 3.20. The van der Waals surface area contributed by atoms with Gasteiger partial charge in [-0.1, -0.05) is 18.2 Å². The topological polar surface area (TPSA) is 26.0 Å². The molecule has 1 atom stereocenters. The van der Waals surface area contributed by atoms with Gasteiger partial charge in [0.05, 0.1) is 6.04 Å². The maximum atomic E-state index is 13.0. The first-order valence-corrected chi connectivity index (χ1v) is 5.35. The third-order valence-corrected chi connectivity index (χ3v) is 2.80. The van der Waals surface area contributed by atoms with Gasteiger partial charge >= 0.3 is 0 Å². The summed E-state index contributed by atoms with van der Waals surface area (Å²) in [6, 6.07) is 10.1. The van der Waals surface area contributed by atoms with Crippen LogP contribution >= 0.6 is 0 Å². The predicted molar refractivity (Wildman–Crippen MR) is 63.6 cm³/mol. The summed E-state index contributed by atoms with van der Waals surface area (Å²) in [5.41, 5.74) is 8.52. The molecule has 0 aliphatic heterocycles. The number of rotatable bonds is 2. The highest BCUT2D eigenvalue weighted by Gasteiger charge is 2.11. The molecule has 1 unspecified atom stereocenters. The van der Waals surface area contributed by atoms with E-state index in [0.717, 1.165) is 16.7 Å². The average Bonchev–Trinajstić information content (AvgIpc) is 2.29. The van der Waals surface area contributed by atoms with Crippen LogP contribution in [0.25, 0.3) is 0 Å². The van der Waals surface area contributed by atoms with Gasteiger partial charge in [0, 0.05) is 0 Å². The summed E-state index contributed by atoms with van der Waals surface area (Å²) < 4.78 is 25.8. The molecule has 2 N–H and O–H groups in total. The van der Waals surface area contributed by atoms with E-state index in [2.05, 4.69) is 0 Å². The van der Waals surface area contributed by atoms with Crippen LogP contribution in [0.4, 0.5) is 8.78 Å². The third-order valence-electron chi connectivity index (χ3n) is 2.80. The maximum Gasteiger partial charge on any atom is 0.123 e. The zero-order valence-corrected chi connectivity index (χ0v) is 9.45. The van der Waals surface area contributed by atoms with Crippen LogP contribution in [-0.4, -0.2) is 0 Å². The van der Waals surface area contributed by atoms with Crippen LogP contribution in [0.1, 0.15) is 22.7 Å². The van der Waals surface area contributed by atoms with Crippen molar-refractivity contribution in [2.75, 3.05) is 0 Å². The van der Waals surface area contributed by atoms with Gasteiger partial charge in [0.2, 0.25) is 0 Å². The second kappa shape index (κ2) is 4.63. The lowest BCUT2D eigenvalue weighted by molar-refractivity contribution is 0.624. The van der Waals surface area contributed by atoms with Gasteiger partial charge in [-0.2, -0.15) is 0 Å². The van der Waals surface area contributed by atoms with Gasteiger partial charge in [-0.05, 0) is 47.9 Å². The lowest BCUT2D eigenvalue weighted by Crippen LogP contribution is -2.13. The number of nitrogens with two attached hydrogens (primary N) is 1. The van der Waals surface area contributed by atoms with Gasteiger partial charge < -0.3 is 5.73 Å². The molecule has 1 nitrogen and oxygen atoms in total. The molecular weight excluding hydrogens is 220 g/mol. The van der Waals surface area contributed by atoms with Gasteiger partial charge in [-0.3, -0.25) is 0 Å². The Hall–Kier alpha value is -1.74. The van der Waals surface area contributed by atoms with Crippen LogP contribution in [-0.2, 0) is 0 Å². The standard InChI is InChI=1S/C14H13F2N/c1-9-8-12(16)6-7-13(9)14(17)10-2-4-11(15)5-3-10/h2-8,14H,17H2,1H3. The molecule has 0 spiro atoms. The number of aryl methyl sites for hydroxylation is 1. The van der Waals surface area contributed by atoms with Gasteiger partial charge in [0.25, 0.3) is 0 Å². The summed E-state index contributed by atoms with van der Waals surface area (Å²) >= 11 is 0. The lowest BCUT2D eigenvalue weighted by atomic mass is 9.96. The SMILES string of the molecule is Cc1cc(F)ccc1C(N)c1ccc(F)cc1. The van der Waals surface area contributed by atoms with Gasteiger partial charge in [-0.25, -0.2) is 8.78 Å². The van der Waals surface area contributed by atoms with Crippen LogP contribution < -0.4 is 5.73 Å². The zero-order chi connectivity index (χ0) is 12.4. The lowest BCUT2D eigenvalue weighted by Gasteiger charge is -2.15. The van der Waals surface area contributed by atoms with Crippen LogP contribution in [0.2, 0.25) is 0 Å². The Morgan fingerprint density at radius 1 is 0.941 bits per heavy atom. The van der Waals surface area contributed by atoms with Crippen molar-refractivity contribution in [3.8, 4) is 0 Å². The normalized spacial score (nSPS) is 12.5. The summed E-state index contributed by atoms with van der Waals surface area (Å²) in [7, 11) is 0. The Balaban J connectivity index is 2.36. The molecule has 0 bridgehead atoms. The molecule has 0 amide bonds. The Morgan fingerprint density at radius 3 is 2.12 bits per heavy atom. The Morgan fingerprint density at radius 2 is 1.53 bits per heavy atom. The molecule has 3 heteroatoms. The summed E-state index contributed by atoms with van der Waals surface area (Å²) in [5.74, 6) is -0.575. The highest BCUT2D eigenvalue weighted by Crippen LogP contribution is 2.23. The Bertz CT molecular complexity index is 520. The molecule has 2 aromatic rings. The van der Waals surface area contributed by atoms with Crippen LogP contribution in [0.5, 0.6) is 0 Å². The second-order valence-corrected chi connectivity index (χ2v) is 4.03. The van der Waals surface area contributed by atoms with E-state index in [1.807, 2.05) is 6.92 Å². The largest absolute Gasteiger partial charge is 0.320 e. The van der Waals surface area contributed by atoms with E-state index >= 15 is 0 Å². The van der Waals surface area contributed by atoms with Crippen LogP contribution in [0, 0.1) is 18.6 Å². The zero-order valence-electron chi connectivity index (χ0n) is 9.45. The quantitative estimate of drug-likeness (QED) is 0.846. The number of halogens is 2. The molecule has 0 fully saturated rings. The molecule has 0 aromatic heterocycles. The van der Waals surface area contributed by atoms with Crippen molar-refractivity contribution in [1.82, 2.24) is 0 Å². The van der Waals surface area contributed by atoms with Crippen molar-refractivity contribution in [2.45, 2.75) is 13.0 Å². The second-order valence-electron chi connectivity index (χ2n) is 4.03. The number of hydrogen-bond donors (Lipinski definition) is 1. The monoisotopic (exact) mass is 233 g/mol. The fourth-order valence-corrected chi connectivity index (χ4v) is 1.84. The molecule has 2 aromatic carbocycles. The summed E-state index contributed by atoms with van der Waals surface area (Å²) in [5, 5.41) is 0. The molecule has 2 rings (SSSR count). The van der Waals surface area contributed by atoms with Crippen molar-refractivity contribution in [2.24, 2.45) is 5.73 Å². The van der Waals surface area contributed by atoms with E-state index in [9.17, 15) is 8.78 Å². The molecule has 0 heterocycles. The van der Waals surface area contributed by atoms with Crippen molar-refractivity contribution in [3.63, 3.8) is 0 Å². The van der Waals surface area contributed by atoms with Crippen LogP contribution in [0.15, 0.2) is 42.5 Å². The molecule has 17 heavy (non-hydrogen) atoms. The van der Waals surface area contributed by atoms with E-state index in [4.69, 9.17) is 5.73 Å². The van der Waals surface area contributed by atoms with E-state index in [1.165, 1.54) is 24.3 Å². The van der Waals surface area contributed by atoms with Crippen molar-refractivity contribution in [1.29, 1.82) is 0 Å². The minimum absolute atomic E-state index is 0.280. The average molecular weight is 233 g/mol. The minimum Gasteiger partial charge on any atom is -0.320 e. The summed E-state index contributed by atoms with van der Waals surface area (Å²) in [6.07, 6.45) is 0. The van der Waals surface area contributed by atoms with Crippen molar-refractivity contribution in [3.05, 3.63) is 70.8 Å². The molecule has 0 radical (unpaired) electrons. The fraction of sp³-hybridized carbons (Fsp3) is 0.143. The molecule has 0 saturated heterocycles. The molecule has 0 aliphatic carbocycles. The highest BCUT2D eigenvalue weighted by molar-refractivity contribution is 5.36. The van der Waals surface area contributed by atoms with Crippen molar-refractivity contribution >= 4 is 0 Å². The molecular formula is C14H13F2N. The fourth-order valence-electron chi connectivity index (χ4n) is 1.84. The third kappa shape index (κ3) is 2.50. The maximum absolute atomic E-state index is 13.0. The van der Waals surface area contributed by atoms with E-state index in [-0.39, 0.29) is 17.7 Å². The first-order chi connectivity index (χ1) is 8.08. The number of hydrogen-bond acceptors (Lipinski definition) is 1. The summed E-state index contributed by atoms with van der Waals surface area (Å²) in [6.45, 7) is 1.81. The van der Waals surface area contributed by atoms with E-state index in [0.29, 0.717) is 0 Å². The molecule has 0 aliphatic rings.